The molecule has 0 bridgehead atoms. The van der Waals surface area contributed by atoms with Gasteiger partial charge >= 0.3 is 0 Å². The van der Waals surface area contributed by atoms with Crippen molar-refractivity contribution in [3.05, 3.63) is 66.4 Å². The van der Waals surface area contributed by atoms with E-state index in [1.165, 1.54) is 36.2 Å². The summed E-state index contributed by atoms with van der Waals surface area (Å²) < 4.78 is 0. The van der Waals surface area contributed by atoms with Crippen molar-refractivity contribution in [3.63, 3.8) is 0 Å². The third-order valence-electron chi connectivity index (χ3n) is 6.25. The Kier molecular flexibility index (Phi) is 4.55. The number of benzene rings is 2. The SMILES string of the molecule is C1=CN(c2ccccc2CN=C2Nc3ccccc3NC23CCCCC3)CC1. The lowest BCUT2D eigenvalue weighted by Gasteiger charge is -2.44. The van der Waals surface area contributed by atoms with Crippen molar-refractivity contribution < 1.29 is 0 Å². The molecule has 5 rings (SSSR count). The molecule has 1 fully saturated rings. The topological polar surface area (TPSA) is 39.7 Å². The molecule has 4 heteroatoms. The lowest BCUT2D eigenvalue weighted by molar-refractivity contribution is 0.403. The van der Waals surface area contributed by atoms with Gasteiger partial charge in [-0.15, -0.1) is 0 Å². The highest BCUT2D eigenvalue weighted by Gasteiger charge is 2.40. The Morgan fingerprint density at radius 3 is 2.54 bits per heavy atom. The summed E-state index contributed by atoms with van der Waals surface area (Å²) in [4.78, 5) is 7.49. The van der Waals surface area contributed by atoms with E-state index in [1.54, 1.807) is 0 Å². The van der Waals surface area contributed by atoms with Gasteiger partial charge in [0.25, 0.3) is 0 Å². The van der Waals surface area contributed by atoms with Gasteiger partial charge in [-0.25, -0.2) is 0 Å². The van der Waals surface area contributed by atoms with Crippen molar-refractivity contribution in [1.82, 2.24) is 0 Å². The van der Waals surface area contributed by atoms with Crippen molar-refractivity contribution in [2.75, 3.05) is 22.1 Å². The van der Waals surface area contributed by atoms with E-state index < -0.39 is 0 Å². The summed E-state index contributed by atoms with van der Waals surface area (Å²) in [6, 6.07) is 17.2. The first kappa shape index (κ1) is 17.4. The monoisotopic (exact) mass is 372 g/mol. The van der Waals surface area contributed by atoms with Crippen LogP contribution in [0.1, 0.15) is 44.1 Å². The van der Waals surface area contributed by atoms with E-state index in [0.29, 0.717) is 6.54 Å². The Balaban J connectivity index is 1.47. The maximum Gasteiger partial charge on any atom is 0.127 e. The fourth-order valence-corrected chi connectivity index (χ4v) is 4.75. The lowest BCUT2D eigenvalue weighted by atomic mass is 9.79. The molecule has 1 aliphatic carbocycles. The smallest absolute Gasteiger partial charge is 0.127 e. The molecule has 1 spiro atoms. The number of fused-ring (bicyclic) bond motifs is 1. The molecule has 2 heterocycles. The maximum atomic E-state index is 5.15. The van der Waals surface area contributed by atoms with E-state index >= 15 is 0 Å². The number of anilines is 3. The van der Waals surface area contributed by atoms with Crippen LogP contribution in [0.2, 0.25) is 0 Å². The Bertz CT molecular complexity index is 908. The summed E-state index contributed by atoms with van der Waals surface area (Å²) in [6.45, 7) is 1.76. The molecule has 2 aromatic rings. The van der Waals surface area contributed by atoms with Crippen LogP contribution in [0.5, 0.6) is 0 Å². The van der Waals surface area contributed by atoms with Crippen molar-refractivity contribution in [2.45, 2.75) is 50.6 Å². The highest BCUT2D eigenvalue weighted by Crippen LogP contribution is 2.39. The quantitative estimate of drug-likeness (QED) is 0.742. The second-order valence-corrected chi connectivity index (χ2v) is 8.10. The van der Waals surface area contributed by atoms with Crippen molar-refractivity contribution in [3.8, 4) is 0 Å². The van der Waals surface area contributed by atoms with Gasteiger partial charge in [0.05, 0.1) is 23.5 Å². The van der Waals surface area contributed by atoms with Gasteiger partial charge in [-0.2, -0.15) is 0 Å². The number of hydrogen-bond acceptors (Lipinski definition) is 3. The number of hydrogen-bond donors (Lipinski definition) is 2. The van der Waals surface area contributed by atoms with Gasteiger partial charge in [-0.3, -0.25) is 4.99 Å². The zero-order valence-electron chi connectivity index (χ0n) is 16.3. The van der Waals surface area contributed by atoms with E-state index in [2.05, 4.69) is 76.3 Å². The molecule has 2 N–H and O–H groups in total. The van der Waals surface area contributed by atoms with E-state index in [9.17, 15) is 0 Å². The van der Waals surface area contributed by atoms with E-state index in [1.807, 2.05) is 0 Å². The number of aliphatic imine (C=N–C) groups is 1. The molecule has 0 unspecified atom stereocenters. The van der Waals surface area contributed by atoms with Gasteiger partial charge in [0.15, 0.2) is 0 Å². The average Bonchev–Trinajstić information content (AvgIpc) is 3.28. The van der Waals surface area contributed by atoms with Crippen LogP contribution >= 0.6 is 0 Å². The predicted molar refractivity (Wildman–Crippen MR) is 118 cm³/mol. The molecule has 0 saturated heterocycles. The molecule has 0 amide bonds. The minimum absolute atomic E-state index is 0.0465. The van der Waals surface area contributed by atoms with Crippen LogP contribution < -0.4 is 15.5 Å². The maximum absolute atomic E-state index is 5.15. The van der Waals surface area contributed by atoms with Gasteiger partial charge in [-0.05, 0) is 43.0 Å². The van der Waals surface area contributed by atoms with Gasteiger partial charge < -0.3 is 15.5 Å². The first-order valence-electron chi connectivity index (χ1n) is 10.5. The molecule has 4 nitrogen and oxygen atoms in total. The molecular formula is C24H28N4. The standard InChI is InChI=1S/C24H28N4/c1-6-14-24(15-7-1)23(26-20-11-3-4-12-21(20)27-24)25-18-19-10-2-5-13-22(19)28-16-8-9-17-28/h2-5,8,10-13,16,27H,1,6-7,9,14-15,17-18H2,(H,25,26). The second-order valence-electron chi connectivity index (χ2n) is 8.10. The summed E-state index contributed by atoms with van der Waals surface area (Å²) in [7, 11) is 0. The molecule has 0 atom stereocenters. The van der Waals surface area contributed by atoms with Gasteiger partial charge in [0.2, 0.25) is 0 Å². The molecule has 2 aliphatic heterocycles. The Morgan fingerprint density at radius 1 is 0.929 bits per heavy atom. The number of para-hydroxylation sites is 3. The highest BCUT2D eigenvalue weighted by molar-refractivity contribution is 6.09. The van der Waals surface area contributed by atoms with Crippen LogP contribution in [0.25, 0.3) is 0 Å². The van der Waals surface area contributed by atoms with Gasteiger partial charge in [-0.1, -0.05) is 55.7 Å². The fourth-order valence-electron chi connectivity index (χ4n) is 4.75. The minimum atomic E-state index is -0.0465. The Morgan fingerprint density at radius 2 is 1.71 bits per heavy atom. The van der Waals surface area contributed by atoms with Gasteiger partial charge in [0.1, 0.15) is 5.84 Å². The van der Waals surface area contributed by atoms with E-state index in [0.717, 1.165) is 37.3 Å². The van der Waals surface area contributed by atoms with Crippen molar-refractivity contribution in [2.24, 2.45) is 4.99 Å². The fraction of sp³-hybridized carbons (Fsp3) is 0.375. The Labute approximate surface area is 167 Å². The molecule has 2 aromatic carbocycles. The molecule has 3 aliphatic rings. The third kappa shape index (κ3) is 3.17. The number of amidine groups is 1. The second kappa shape index (κ2) is 7.34. The van der Waals surface area contributed by atoms with Crippen LogP contribution in [0.3, 0.4) is 0 Å². The normalized spacial score (nSPS) is 21.4. The van der Waals surface area contributed by atoms with Crippen LogP contribution in [0.4, 0.5) is 17.1 Å². The summed E-state index contributed by atoms with van der Waals surface area (Å²) >= 11 is 0. The summed E-state index contributed by atoms with van der Waals surface area (Å²) in [5, 5.41) is 7.53. The number of nitrogens with one attached hydrogen (secondary N) is 2. The van der Waals surface area contributed by atoms with Crippen molar-refractivity contribution in [1.29, 1.82) is 0 Å². The molecule has 28 heavy (non-hydrogen) atoms. The van der Waals surface area contributed by atoms with E-state index in [-0.39, 0.29) is 5.54 Å². The molecule has 144 valence electrons. The van der Waals surface area contributed by atoms with Crippen LogP contribution in [-0.2, 0) is 6.54 Å². The summed E-state index contributed by atoms with van der Waals surface area (Å²) in [5.74, 6) is 1.11. The predicted octanol–water partition coefficient (Wildman–Crippen LogP) is 5.55. The molecule has 0 aromatic heterocycles. The van der Waals surface area contributed by atoms with Crippen LogP contribution in [0.15, 0.2) is 65.8 Å². The summed E-state index contributed by atoms with van der Waals surface area (Å²) in [6.07, 6.45) is 11.7. The number of nitrogens with zero attached hydrogens (tertiary/aromatic N) is 2. The zero-order valence-corrected chi connectivity index (χ0v) is 16.3. The largest absolute Gasteiger partial charge is 0.371 e. The van der Waals surface area contributed by atoms with Crippen molar-refractivity contribution >= 4 is 22.9 Å². The average molecular weight is 373 g/mol. The first-order valence-corrected chi connectivity index (χ1v) is 10.5. The number of rotatable bonds is 3. The minimum Gasteiger partial charge on any atom is -0.371 e. The highest BCUT2D eigenvalue weighted by atomic mass is 15.2. The molecule has 1 saturated carbocycles. The van der Waals surface area contributed by atoms with Gasteiger partial charge in [0, 0.05) is 18.4 Å². The third-order valence-corrected chi connectivity index (χ3v) is 6.25. The first-order chi connectivity index (χ1) is 13.8. The van der Waals surface area contributed by atoms with Crippen LogP contribution in [0, 0.1) is 0 Å². The Hall–Kier alpha value is -2.75. The summed E-state index contributed by atoms with van der Waals surface area (Å²) in [5.41, 5.74) is 4.85. The zero-order chi connectivity index (χ0) is 18.8. The molecule has 0 radical (unpaired) electrons. The van der Waals surface area contributed by atoms with E-state index in [4.69, 9.17) is 4.99 Å². The van der Waals surface area contributed by atoms with Crippen LogP contribution in [-0.4, -0.2) is 17.9 Å². The lowest BCUT2D eigenvalue weighted by Crippen LogP contribution is -2.53. The molecular weight excluding hydrogens is 344 g/mol.